The first-order chi connectivity index (χ1) is 9.60. The van der Waals surface area contributed by atoms with Crippen LogP contribution in [0, 0.1) is 5.41 Å². The normalized spacial score (nSPS) is 21.9. The summed E-state index contributed by atoms with van der Waals surface area (Å²) >= 11 is 0. The highest BCUT2D eigenvalue weighted by Crippen LogP contribution is 2.37. The second-order valence-corrected chi connectivity index (χ2v) is 6.18. The molecule has 0 aliphatic heterocycles. The van der Waals surface area contributed by atoms with Crippen LogP contribution in [-0.4, -0.2) is 33.0 Å². The fourth-order valence-corrected chi connectivity index (χ4v) is 2.98. The molecular formula is C14H22N6. The summed E-state index contributed by atoms with van der Waals surface area (Å²) in [4.78, 5) is 16.2. The summed E-state index contributed by atoms with van der Waals surface area (Å²) in [6.45, 7) is 4.66. The second-order valence-electron chi connectivity index (χ2n) is 6.18. The van der Waals surface area contributed by atoms with Crippen molar-refractivity contribution in [1.82, 2.24) is 19.9 Å². The van der Waals surface area contributed by atoms with E-state index in [0.29, 0.717) is 17.6 Å². The maximum Gasteiger partial charge on any atom is 0.226 e. The molecule has 1 aliphatic rings. The highest BCUT2D eigenvalue weighted by Gasteiger charge is 2.32. The van der Waals surface area contributed by atoms with E-state index in [-0.39, 0.29) is 5.41 Å². The number of aromatic amines is 1. The summed E-state index contributed by atoms with van der Waals surface area (Å²) < 4.78 is 0. The van der Waals surface area contributed by atoms with Crippen molar-refractivity contribution in [2.45, 2.75) is 45.6 Å². The number of rotatable bonds is 3. The molecule has 20 heavy (non-hydrogen) atoms. The van der Waals surface area contributed by atoms with Crippen LogP contribution in [0.15, 0.2) is 6.33 Å². The molecular weight excluding hydrogens is 252 g/mol. The number of aromatic nitrogens is 4. The molecule has 0 bridgehead atoms. The Morgan fingerprint density at radius 1 is 1.30 bits per heavy atom. The first kappa shape index (κ1) is 13.1. The smallest absolute Gasteiger partial charge is 0.226 e. The summed E-state index contributed by atoms with van der Waals surface area (Å²) in [5.74, 6) is 1.44. The van der Waals surface area contributed by atoms with Crippen LogP contribution in [0.25, 0.3) is 11.2 Å². The van der Waals surface area contributed by atoms with Crippen molar-refractivity contribution in [3.05, 3.63) is 6.33 Å². The molecule has 2 heterocycles. The van der Waals surface area contributed by atoms with Gasteiger partial charge in [0.15, 0.2) is 11.5 Å². The first-order valence-corrected chi connectivity index (χ1v) is 7.25. The molecule has 1 aliphatic carbocycles. The zero-order valence-corrected chi connectivity index (χ0v) is 12.3. The van der Waals surface area contributed by atoms with Crippen LogP contribution >= 0.6 is 0 Å². The molecule has 0 spiro atoms. The van der Waals surface area contributed by atoms with Gasteiger partial charge in [-0.3, -0.25) is 0 Å². The Morgan fingerprint density at radius 2 is 2.15 bits per heavy atom. The molecule has 1 saturated carbocycles. The maximum atomic E-state index is 4.55. The third kappa shape index (κ3) is 2.30. The van der Waals surface area contributed by atoms with Crippen molar-refractivity contribution >= 4 is 22.9 Å². The lowest BCUT2D eigenvalue weighted by Gasteiger charge is -2.39. The van der Waals surface area contributed by atoms with Crippen molar-refractivity contribution in [2.24, 2.45) is 5.41 Å². The average Bonchev–Trinajstić information content (AvgIpc) is 2.89. The van der Waals surface area contributed by atoms with Crippen LogP contribution in [-0.2, 0) is 0 Å². The minimum absolute atomic E-state index is 0.287. The van der Waals surface area contributed by atoms with Gasteiger partial charge in [0.25, 0.3) is 0 Å². The van der Waals surface area contributed by atoms with Crippen molar-refractivity contribution in [3.63, 3.8) is 0 Å². The molecule has 0 saturated heterocycles. The van der Waals surface area contributed by atoms with E-state index in [1.807, 2.05) is 7.05 Å². The van der Waals surface area contributed by atoms with Crippen molar-refractivity contribution in [1.29, 1.82) is 0 Å². The van der Waals surface area contributed by atoms with Crippen molar-refractivity contribution in [3.8, 4) is 0 Å². The maximum absolute atomic E-state index is 4.55. The van der Waals surface area contributed by atoms with Gasteiger partial charge in [-0.2, -0.15) is 9.97 Å². The zero-order chi connectivity index (χ0) is 14.2. The lowest BCUT2D eigenvalue weighted by Crippen LogP contribution is -2.39. The summed E-state index contributed by atoms with van der Waals surface area (Å²) in [6.07, 6.45) is 6.69. The standard InChI is InChI=1S/C14H22N6/c1-14(2)7-5-4-6-9(14)18-12-10-11(17-8-16-10)19-13(15-3)20-12/h8-9H,4-7H2,1-3H3,(H3,15,16,17,18,19,20). The highest BCUT2D eigenvalue weighted by molar-refractivity contribution is 5.83. The van der Waals surface area contributed by atoms with Gasteiger partial charge in [0.1, 0.15) is 5.52 Å². The Morgan fingerprint density at radius 3 is 2.90 bits per heavy atom. The van der Waals surface area contributed by atoms with Gasteiger partial charge in [-0.15, -0.1) is 0 Å². The molecule has 0 amide bonds. The molecule has 1 unspecified atom stereocenters. The van der Waals surface area contributed by atoms with Gasteiger partial charge in [-0.1, -0.05) is 26.7 Å². The van der Waals surface area contributed by atoms with Gasteiger partial charge in [0.05, 0.1) is 6.33 Å². The fraction of sp³-hybridized carbons (Fsp3) is 0.643. The Labute approximate surface area is 118 Å². The lowest BCUT2D eigenvalue weighted by molar-refractivity contribution is 0.217. The quantitative estimate of drug-likeness (QED) is 0.802. The molecule has 108 valence electrons. The van der Waals surface area contributed by atoms with E-state index in [1.165, 1.54) is 25.7 Å². The predicted octanol–water partition coefficient (Wildman–Crippen LogP) is 2.78. The van der Waals surface area contributed by atoms with Crippen LogP contribution in [0.4, 0.5) is 11.8 Å². The predicted molar refractivity (Wildman–Crippen MR) is 80.9 cm³/mol. The lowest BCUT2D eigenvalue weighted by atomic mass is 9.73. The minimum Gasteiger partial charge on any atom is -0.365 e. The molecule has 0 radical (unpaired) electrons. The van der Waals surface area contributed by atoms with Gasteiger partial charge in [0.2, 0.25) is 5.95 Å². The number of anilines is 2. The number of hydrogen-bond acceptors (Lipinski definition) is 5. The second kappa shape index (κ2) is 4.92. The Hall–Kier alpha value is -1.85. The van der Waals surface area contributed by atoms with E-state index >= 15 is 0 Å². The molecule has 6 heteroatoms. The summed E-state index contributed by atoms with van der Waals surface area (Å²) in [5, 5.41) is 6.60. The summed E-state index contributed by atoms with van der Waals surface area (Å²) in [6, 6.07) is 0.433. The Bertz CT molecular complexity index is 603. The number of fused-ring (bicyclic) bond motifs is 1. The van der Waals surface area contributed by atoms with E-state index < -0.39 is 0 Å². The molecule has 6 nitrogen and oxygen atoms in total. The van der Waals surface area contributed by atoms with Crippen molar-refractivity contribution < 1.29 is 0 Å². The van der Waals surface area contributed by atoms with Gasteiger partial charge in [0, 0.05) is 13.1 Å². The molecule has 3 rings (SSSR count). The average molecular weight is 274 g/mol. The van der Waals surface area contributed by atoms with Gasteiger partial charge in [-0.05, 0) is 18.3 Å². The van der Waals surface area contributed by atoms with Gasteiger partial charge >= 0.3 is 0 Å². The van der Waals surface area contributed by atoms with E-state index in [9.17, 15) is 0 Å². The van der Waals surface area contributed by atoms with E-state index in [1.54, 1.807) is 6.33 Å². The number of imidazole rings is 1. The van der Waals surface area contributed by atoms with Gasteiger partial charge in [-0.25, -0.2) is 4.98 Å². The molecule has 0 aromatic carbocycles. The number of hydrogen-bond donors (Lipinski definition) is 3. The van der Waals surface area contributed by atoms with Gasteiger partial charge < -0.3 is 15.6 Å². The van der Waals surface area contributed by atoms with Crippen LogP contribution in [0.5, 0.6) is 0 Å². The van der Waals surface area contributed by atoms with E-state index in [0.717, 1.165) is 11.3 Å². The largest absolute Gasteiger partial charge is 0.365 e. The van der Waals surface area contributed by atoms with Crippen molar-refractivity contribution in [2.75, 3.05) is 17.7 Å². The van der Waals surface area contributed by atoms with Crippen LogP contribution < -0.4 is 10.6 Å². The molecule has 1 atom stereocenters. The fourth-order valence-electron chi connectivity index (χ4n) is 2.98. The monoisotopic (exact) mass is 274 g/mol. The number of H-pyrrole nitrogens is 1. The highest BCUT2D eigenvalue weighted by atomic mass is 15.2. The summed E-state index contributed by atoms with van der Waals surface area (Å²) in [7, 11) is 1.82. The molecule has 3 N–H and O–H groups in total. The minimum atomic E-state index is 0.287. The van der Waals surface area contributed by atoms with Crippen LogP contribution in [0.1, 0.15) is 39.5 Å². The zero-order valence-electron chi connectivity index (χ0n) is 12.3. The van der Waals surface area contributed by atoms with E-state index in [4.69, 9.17) is 0 Å². The van der Waals surface area contributed by atoms with E-state index in [2.05, 4.69) is 44.4 Å². The molecule has 2 aromatic rings. The first-order valence-electron chi connectivity index (χ1n) is 7.25. The topological polar surface area (TPSA) is 78.5 Å². The summed E-state index contributed by atoms with van der Waals surface area (Å²) in [5.41, 5.74) is 1.86. The van der Waals surface area contributed by atoms with Crippen LogP contribution in [0.2, 0.25) is 0 Å². The number of nitrogens with zero attached hydrogens (tertiary/aromatic N) is 3. The Balaban J connectivity index is 1.95. The number of nitrogens with one attached hydrogen (secondary N) is 3. The third-order valence-electron chi connectivity index (χ3n) is 4.33. The Kier molecular flexibility index (Phi) is 3.23. The molecule has 2 aromatic heterocycles. The third-order valence-corrected chi connectivity index (χ3v) is 4.33. The SMILES string of the molecule is CNc1nc(NC2CCCCC2(C)C)c2[nH]cnc2n1. The van der Waals surface area contributed by atoms with Crippen LogP contribution in [0.3, 0.4) is 0 Å². The molecule has 1 fully saturated rings.